The van der Waals surface area contributed by atoms with Crippen LogP contribution < -0.4 is 5.76 Å². The molecule has 0 amide bonds. The predicted octanol–water partition coefficient (Wildman–Crippen LogP) is 2.10. The molecule has 1 fully saturated rings. The fourth-order valence-corrected chi connectivity index (χ4v) is 5.21. The SMILES string of the molecule is Cc1cc2[nH]c(=O)oc2cc1S(=O)(=O)N1C[C@H](C)C[C@@H](C)C1. The average Bonchev–Trinajstić information content (AvgIpc) is 2.75. The summed E-state index contributed by atoms with van der Waals surface area (Å²) in [6.07, 6.45) is 1.04. The number of fused-ring (bicyclic) bond motifs is 1. The molecular weight excluding hydrogens is 304 g/mol. The fraction of sp³-hybridized carbons (Fsp3) is 0.533. The highest BCUT2D eigenvalue weighted by atomic mass is 32.2. The van der Waals surface area contributed by atoms with E-state index in [4.69, 9.17) is 4.42 Å². The maximum Gasteiger partial charge on any atom is 0.417 e. The smallest absolute Gasteiger partial charge is 0.408 e. The predicted molar refractivity (Wildman–Crippen MR) is 83.3 cm³/mol. The lowest BCUT2D eigenvalue weighted by Crippen LogP contribution is -2.42. The zero-order chi connectivity index (χ0) is 16.1. The third-order valence-electron chi connectivity index (χ3n) is 4.17. The highest BCUT2D eigenvalue weighted by molar-refractivity contribution is 7.89. The number of sulfonamides is 1. The van der Waals surface area contributed by atoms with Gasteiger partial charge in [-0.25, -0.2) is 13.2 Å². The molecule has 22 heavy (non-hydrogen) atoms. The molecule has 6 nitrogen and oxygen atoms in total. The Bertz CT molecular complexity index is 855. The van der Waals surface area contributed by atoms with Gasteiger partial charge in [-0.15, -0.1) is 0 Å². The molecule has 0 bridgehead atoms. The van der Waals surface area contributed by atoms with Crippen LogP contribution in [0, 0.1) is 18.8 Å². The second kappa shape index (κ2) is 5.24. The van der Waals surface area contributed by atoms with Gasteiger partial charge in [-0.05, 0) is 36.8 Å². The van der Waals surface area contributed by atoms with Crippen LogP contribution in [0.2, 0.25) is 0 Å². The van der Waals surface area contributed by atoms with Gasteiger partial charge in [-0.3, -0.25) is 4.98 Å². The molecule has 120 valence electrons. The van der Waals surface area contributed by atoms with Gasteiger partial charge in [0.2, 0.25) is 10.0 Å². The molecule has 0 saturated carbocycles. The van der Waals surface area contributed by atoms with Crippen LogP contribution in [0.25, 0.3) is 11.1 Å². The first-order valence-corrected chi connectivity index (χ1v) is 8.85. The van der Waals surface area contributed by atoms with Gasteiger partial charge in [0.25, 0.3) is 0 Å². The first-order chi connectivity index (χ1) is 10.3. The molecule has 1 aliphatic rings. The second-order valence-corrected chi connectivity index (χ2v) is 8.30. The molecule has 1 N–H and O–H groups in total. The molecule has 0 unspecified atom stereocenters. The van der Waals surface area contributed by atoms with Gasteiger partial charge in [-0.2, -0.15) is 4.31 Å². The summed E-state index contributed by atoms with van der Waals surface area (Å²) in [6, 6.07) is 3.09. The summed E-state index contributed by atoms with van der Waals surface area (Å²) < 4.78 is 32.4. The number of benzene rings is 1. The number of hydrogen-bond acceptors (Lipinski definition) is 4. The summed E-state index contributed by atoms with van der Waals surface area (Å²) in [5.41, 5.74) is 1.39. The van der Waals surface area contributed by atoms with Crippen molar-refractivity contribution in [1.82, 2.24) is 9.29 Å². The van der Waals surface area contributed by atoms with E-state index in [1.165, 1.54) is 6.07 Å². The Hall–Kier alpha value is -1.60. The largest absolute Gasteiger partial charge is 0.417 e. The molecule has 0 spiro atoms. The molecular formula is C15H20N2O4S. The maximum atomic E-state index is 12.9. The van der Waals surface area contributed by atoms with Crippen molar-refractivity contribution in [2.75, 3.05) is 13.1 Å². The Labute approximate surface area is 129 Å². The molecule has 1 saturated heterocycles. The quantitative estimate of drug-likeness (QED) is 0.917. The Morgan fingerprint density at radius 2 is 1.86 bits per heavy atom. The average molecular weight is 324 g/mol. The van der Waals surface area contributed by atoms with Crippen LogP contribution in [-0.4, -0.2) is 30.8 Å². The minimum atomic E-state index is -3.58. The zero-order valence-corrected chi connectivity index (χ0v) is 13.7. The molecule has 2 heterocycles. The van der Waals surface area contributed by atoms with Crippen molar-refractivity contribution in [3.8, 4) is 0 Å². The highest BCUT2D eigenvalue weighted by Crippen LogP contribution is 2.29. The van der Waals surface area contributed by atoms with Crippen molar-refractivity contribution in [2.45, 2.75) is 32.1 Å². The van der Waals surface area contributed by atoms with Crippen molar-refractivity contribution in [2.24, 2.45) is 11.8 Å². The van der Waals surface area contributed by atoms with Crippen LogP contribution in [0.5, 0.6) is 0 Å². The van der Waals surface area contributed by atoms with E-state index in [1.807, 2.05) is 0 Å². The molecule has 1 aliphatic heterocycles. The van der Waals surface area contributed by atoms with E-state index in [9.17, 15) is 13.2 Å². The molecule has 2 aromatic rings. The molecule has 0 radical (unpaired) electrons. The Morgan fingerprint density at radius 3 is 2.50 bits per heavy atom. The molecule has 2 atom stereocenters. The third kappa shape index (κ3) is 2.59. The van der Waals surface area contributed by atoms with Crippen LogP contribution >= 0.6 is 0 Å². The minimum absolute atomic E-state index is 0.212. The Morgan fingerprint density at radius 1 is 1.23 bits per heavy atom. The number of nitrogens with one attached hydrogen (secondary N) is 1. The van der Waals surface area contributed by atoms with Crippen LogP contribution in [0.1, 0.15) is 25.8 Å². The van der Waals surface area contributed by atoms with Crippen LogP contribution in [0.3, 0.4) is 0 Å². The minimum Gasteiger partial charge on any atom is -0.408 e. The zero-order valence-electron chi connectivity index (χ0n) is 12.9. The first-order valence-electron chi connectivity index (χ1n) is 7.41. The Kier molecular flexibility index (Phi) is 3.65. The van der Waals surface area contributed by atoms with Crippen LogP contribution in [-0.2, 0) is 10.0 Å². The summed E-state index contributed by atoms with van der Waals surface area (Å²) in [7, 11) is -3.58. The van der Waals surface area contributed by atoms with E-state index < -0.39 is 15.8 Å². The van der Waals surface area contributed by atoms with Gasteiger partial charge in [-0.1, -0.05) is 13.8 Å². The van der Waals surface area contributed by atoms with E-state index in [-0.39, 0.29) is 10.5 Å². The first kappa shape index (κ1) is 15.3. The summed E-state index contributed by atoms with van der Waals surface area (Å²) in [4.78, 5) is 14.0. The van der Waals surface area contributed by atoms with Crippen molar-refractivity contribution in [3.63, 3.8) is 0 Å². The molecule has 1 aromatic carbocycles. The molecule has 1 aromatic heterocycles. The normalized spacial score (nSPS) is 24.0. The molecule has 3 rings (SSSR count). The van der Waals surface area contributed by atoms with Gasteiger partial charge < -0.3 is 4.42 Å². The van der Waals surface area contributed by atoms with Gasteiger partial charge in [0.15, 0.2) is 5.58 Å². The highest BCUT2D eigenvalue weighted by Gasteiger charge is 2.32. The van der Waals surface area contributed by atoms with E-state index in [1.54, 1.807) is 17.3 Å². The lowest BCUT2D eigenvalue weighted by Gasteiger charge is -2.34. The number of aryl methyl sites for hydroxylation is 1. The number of aromatic nitrogens is 1. The van der Waals surface area contributed by atoms with Crippen LogP contribution in [0.15, 0.2) is 26.2 Å². The number of rotatable bonds is 2. The summed E-state index contributed by atoms with van der Waals surface area (Å²) in [5.74, 6) is 0.102. The third-order valence-corrected chi connectivity index (χ3v) is 6.14. The maximum absolute atomic E-state index is 12.9. The van der Waals surface area contributed by atoms with Crippen molar-refractivity contribution in [3.05, 3.63) is 28.2 Å². The summed E-state index contributed by atoms with van der Waals surface area (Å²) >= 11 is 0. The lowest BCUT2D eigenvalue weighted by atomic mass is 9.94. The summed E-state index contributed by atoms with van der Waals surface area (Å²) in [5, 5.41) is 0. The van der Waals surface area contributed by atoms with Gasteiger partial charge in [0.1, 0.15) is 0 Å². The van der Waals surface area contributed by atoms with Gasteiger partial charge >= 0.3 is 5.76 Å². The van der Waals surface area contributed by atoms with E-state index in [0.717, 1.165) is 6.42 Å². The monoisotopic (exact) mass is 324 g/mol. The number of oxazole rings is 1. The number of nitrogens with zero attached hydrogens (tertiary/aromatic N) is 1. The van der Waals surface area contributed by atoms with Crippen molar-refractivity contribution >= 4 is 21.1 Å². The standard InChI is InChI=1S/C15H20N2O4S/c1-9-4-10(2)8-17(7-9)22(19,20)14-6-13-12(5-11(14)3)16-15(18)21-13/h5-6,9-10H,4,7-8H2,1-3H3,(H,16,18)/t9-,10-/m1/s1. The number of aromatic amines is 1. The second-order valence-electron chi connectivity index (χ2n) is 6.40. The topological polar surface area (TPSA) is 83.4 Å². The van der Waals surface area contributed by atoms with Crippen molar-refractivity contribution in [1.29, 1.82) is 0 Å². The lowest BCUT2D eigenvalue weighted by molar-refractivity contribution is 0.222. The van der Waals surface area contributed by atoms with Gasteiger partial charge in [0, 0.05) is 19.2 Å². The van der Waals surface area contributed by atoms with E-state index >= 15 is 0 Å². The van der Waals surface area contributed by atoms with Gasteiger partial charge in [0.05, 0.1) is 10.4 Å². The molecule has 7 heteroatoms. The van der Waals surface area contributed by atoms with Crippen molar-refractivity contribution < 1.29 is 12.8 Å². The van der Waals surface area contributed by atoms with E-state index in [0.29, 0.717) is 36.0 Å². The Balaban J connectivity index is 2.08. The van der Waals surface area contributed by atoms with Crippen LogP contribution in [0.4, 0.5) is 0 Å². The summed E-state index contributed by atoms with van der Waals surface area (Å²) in [6.45, 7) is 6.93. The molecule has 0 aliphatic carbocycles. The number of H-pyrrole nitrogens is 1. The number of piperidine rings is 1. The fourth-order valence-electron chi connectivity index (χ4n) is 3.31. The number of hydrogen-bond donors (Lipinski definition) is 1. The van der Waals surface area contributed by atoms with E-state index in [2.05, 4.69) is 18.8 Å².